The molecule has 7 heteroatoms. The van der Waals surface area contributed by atoms with E-state index in [2.05, 4.69) is 9.97 Å². The minimum atomic E-state index is -0.441. The number of nitrogens with zero attached hydrogens (tertiary/aromatic N) is 2. The summed E-state index contributed by atoms with van der Waals surface area (Å²) in [5, 5.41) is -0.0271. The average molecular weight is 377 g/mol. The van der Waals surface area contributed by atoms with E-state index in [9.17, 15) is 14.0 Å². The first kappa shape index (κ1) is 20.2. The number of aromatic amines is 1. The molecule has 0 aliphatic rings. The van der Waals surface area contributed by atoms with Crippen LogP contribution in [0.1, 0.15) is 37.9 Å². The number of nitrogens with one attached hydrogen (secondary N) is 1. The zero-order chi connectivity index (χ0) is 19.1. The monoisotopic (exact) mass is 377 g/mol. The van der Waals surface area contributed by atoms with Crippen molar-refractivity contribution in [1.82, 2.24) is 14.9 Å². The van der Waals surface area contributed by atoms with Crippen LogP contribution in [0.4, 0.5) is 4.39 Å². The highest BCUT2D eigenvalue weighted by Crippen LogP contribution is 2.22. The van der Waals surface area contributed by atoms with Gasteiger partial charge in [0.1, 0.15) is 5.82 Å². The Bertz CT molecular complexity index is 809. The SMILES string of the molecule is CCCCN(Cc1ccccc1F)C(=O)[C@H](C)Sc1nc(C)cc(=O)[nH]1. The van der Waals surface area contributed by atoms with Gasteiger partial charge in [0.25, 0.3) is 5.56 Å². The summed E-state index contributed by atoms with van der Waals surface area (Å²) in [6, 6.07) is 7.90. The molecule has 0 bridgehead atoms. The maximum Gasteiger partial charge on any atom is 0.251 e. The third kappa shape index (κ3) is 5.69. The van der Waals surface area contributed by atoms with Gasteiger partial charge in [-0.2, -0.15) is 0 Å². The van der Waals surface area contributed by atoms with Crippen molar-refractivity contribution in [2.45, 2.75) is 50.6 Å². The molecular weight excluding hydrogens is 353 g/mol. The summed E-state index contributed by atoms with van der Waals surface area (Å²) in [5.41, 5.74) is 0.857. The van der Waals surface area contributed by atoms with Crippen molar-refractivity contribution >= 4 is 17.7 Å². The van der Waals surface area contributed by atoms with Crippen LogP contribution < -0.4 is 5.56 Å². The summed E-state index contributed by atoms with van der Waals surface area (Å²) in [4.78, 5) is 33.0. The summed E-state index contributed by atoms with van der Waals surface area (Å²) in [7, 11) is 0. The third-order valence-electron chi connectivity index (χ3n) is 3.90. The highest BCUT2D eigenvalue weighted by Gasteiger charge is 2.23. The van der Waals surface area contributed by atoms with Crippen LogP contribution in [0.3, 0.4) is 0 Å². The van der Waals surface area contributed by atoms with E-state index >= 15 is 0 Å². The van der Waals surface area contributed by atoms with Gasteiger partial charge in [-0.3, -0.25) is 9.59 Å². The molecule has 0 saturated heterocycles. The first-order valence-corrected chi connectivity index (χ1v) is 9.55. The standard InChI is InChI=1S/C19H24FN3O2S/c1-4-5-10-23(12-15-8-6-7-9-16(15)20)18(25)14(3)26-19-21-13(2)11-17(24)22-19/h6-9,11,14H,4-5,10,12H2,1-3H3,(H,21,22,24)/t14-/m0/s1. The molecule has 0 radical (unpaired) electrons. The van der Waals surface area contributed by atoms with E-state index in [1.54, 1.807) is 36.9 Å². The Kier molecular flexibility index (Phi) is 7.38. The summed E-state index contributed by atoms with van der Waals surface area (Å²) < 4.78 is 14.0. The number of benzene rings is 1. The van der Waals surface area contributed by atoms with Gasteiger partial charge in [0.15, 0.2) is 5.16 Å². The minimum absolute atomic E-state index is 0.101. The van der Waals surface area contributed by atoms with Gasteiger partial charge in [-0.05, 0) is 26.3 Å². The van der Waals surface area contributed by atoms with Crippen molar-refractivity contribution in [2.24, 2.45) is 0 Å². The lowest BCUT2D eigenvalue weighted by molar-refractivity contribution is -0.131. The van der Waals surface area contributed by atoms with E-state index < -0.39 is 5.25 Å². The second kappa shape index (κ2) is 9.52. The quantitative estimate of drug-likeness (QED) is 0.565. The Balaban J connectivity index is 2.13. The summed E-state index contributed by atoms with van der Waals surface area (Å²) in [5.74, 6) is -0.414. The zero-order valence-corrected chi connectivity index (χ0v) is 16.1. The Hall–Kier alpha value is -2.15. The average Bonchev–Trinajstić information content (AvgIpc) is 2.58. The number of H-pyrrole nitrogens is 1. The van der Waals surface area contributed by atoms with Crippen molar-refractivity contribution in [3.63, 3.8) is 0 Å². The number of aryl methyl sites for hydroxylation is 1. The predicted octanol–water partition coefficient (Wildman–Crippen LogP) is 3.53. The van der Waals surface area contributed by atoms with Crippen molar-refractivity contribution in [1.29, 1.82) is 0 Å². The zero-order valence-electron chi connectivity index (χ0n) is 15.3. The molecule has 26 heavy (non-hydrogen) atoms. The maximum absolute atomic E-state index is 14.0. The Labute approximate surface area is 157 Å². The van der Waals surface area contributed by atoms with Gasteiger partial charge in [-0.25, -0.2) is 9.37 Å². The normalized spacial score (nSPS) is 12.0. The lowest BCUT2D eigenvalue weighted by atomic mass is 10.2. The van der Waals surface area contributed by atoms with Crippen LogP contribution in [0.5, 0.6) is 0 Å². The largest absolute Gasteiger partial charge is 0.337 e. The van der Waals surface area contributed by atoms with Crippen LogP contribution in [0, 0.1) is 12.7 Å². The molecule has 0 unspecified atom stereocenters. The van der Waals surface area contributed by atoms with E-state index in [0.29, 0.717) is 23.0 Å². The van der Waals surface area contributed by atoms with Gasteiger partial charge in [-0.1, -0.05) is 43.3 Å². The van der Waals surface area contributed by atoms with Crippen LogP contribution in [0.25, 0.3) is 0 Å². The number of amides is 1. The number of rotatable bonds is 8. The molecule has 0 spiro atoms. The van der Waals surface area contributed by atoms with E-state index in [-0.39, 0.29) is 23.8 Å². The molecule has 1 N–H and O–H groups in total. The first-order valence-electron chi connectivity index (χ1n) is 8.67. The van der Waals surface area contributed by atoms with E-state index in [1.165, 1.54) is 23.9 Å². The van der Waals surface area contributed by atoms with E-state index in [4.69, 9.17) is 0 Å². The second-order valence-corrected chi connectivity index (χ2v) is 7.49. The van der Waals surface area contributed by atoms with Crippen molar-refractivity contribution in [2.75, 3.05) is 6.54 Å². The molecular formula is C19H24FN3O2S. The third-order valence-corrected chi connectivity index (χ3v) is 4.87. The van der Waals surface area contributed by atoms with Gasteiger partial charge in [0, 0.05) is 30.4 Å². The molecule has 0 saturated carbocycles. The van der Waals surface area contributed by atoms with Crippen LogP contribution in [0.15, 0.2) is 40.3 Å². The van der Waals surface area contributed by atoms with Crippen molar-refractivity contribution in [3.05, 3.63) is 57.8 Å². The fourth-order valence-electron chi connectivity index (χ4n) is 2.53. The molecule has 2 aromatic rings. The van der Waals surface area contributed by atoms with E-state index in [0.717, 1.165) is 12.8 Å². The van der Waals surface area contributed by atoms with Crippen LogP contribution in [-0.4, -0.2) is 32.6 Å². The maximum atomic E-state index is 14.0. The number of unbranched alkanes of at least 4 members (excludes halogenated alkanes) is 1. The van der Waals surface area contributed by atoms with Gasteiger partial charge in [0.2, 0.25) is 5.91 Å². The molecule has 1 aromatic carbocycles. The molecule has 1 aromatic heterocycles. The topological polar surface area (TPSA) is 66.1 Å². The molecule has 1 heterocycles. The van der Waals surface area contributed by atoms with Gasteiger partial charge in [0.05, 0.1) is 5.25 Å². The van der Waals surface area contributed by atoms with Crippen LogP contribution >= 0.6 is 11.8 Å². The molecule has 140 valence electrons. The molecule has 1 atom stereocenters. The van der Waals surface area contributed by atoms with Crippen molar-refractivity contribution in [3.8, 4) is 0 Å². The highest BCUT2D eigenvalue weighted by molar-refractivity contribution is 8.00. The lowest BCUT2D eigenvalue weighted by Gasteiger charge is -2.25. The molecule has 0 fully saturated rings. The number of aromatic nitrogens is 2. The van der Waals surface area contributed by atoms with Crippen molar-refractivity contribution < 1.29 is 9.18 Å². The van der Waals surface area contributed by atoms with Crippen LogP contribution in [0.2, 0.25) is 0 Å². The second-order valence-electron chi connectivity index (χ2n) is 6.16. The molecule has 0 aliphatic carbocycles. The molecule has 1 amide bonds. The smallest absolute Gasteiger partial charge is 0.251 e. The molecule has 2 rings (SSSR count). The highest BCUT2D eigenvalue weighted by atomic mass is 32.2. The predicted molar refractivity (Wildman–Crippen MR) is 102 cm³/mol. The number of halogens is 1. The van der Waals surface area contributed by atoms with Crippen LogP contribution in [-0.2, 0) is 11.3 Å². The summed E-state index contributed by atoms with van der Waals surface area (Å²) in [6.45, 7) is 6.35. The Morgan fingerprint density at radius 1 is 1.38 bits per heavy atom. The Morgan fingerprint density at radius 3 is 2.77 bits per heavy atom. The van der Waals surface area contributed by atoms with Gasteiger partial charge in [-0.15, -0.1) is 0 Å². The number of hydrogen-bond donors (Lipinski definition) is 1. The number of thioether (sulfide) groups is 1. The number of carbonyl (C=O) groups excluding carboxylic acids is 1. The summed E-state index contributed by atoms with van der Waals surface area (Å²) >= 11 is 1.20. The fraction of sp³-hybridized carbons (Fsp3) is 0.421. The minimum Gasteiger partial charge on any atom is -0.337 e. The van der Waals surface area contributed by atoms with Gasteiger partial charge < -0.3 is 9.88 Å². The summed E-state index contributed by atoms with van der Waals surface area (Å²) in [6.07, 6.45) is 1.78. The lowest BCUT2D eigenvalue weighted by Crippen LogP contribution is -2.37. The first-order chi connectivity index (χ1) is 12.4. The Morgan fingerprint density at radius 2 is 2.12 bits per heavy atom. The number of carbonyl (C=O) groups is 1. The fourth-order valence-corrected chi connectivity index (χ4v) is 3.47. The van der Waals surface area contributed by atoms with Gasteiger partial charge >= 0.3 is 0 Å². The van der Waals surface area contributed by atoms with E-state index in [1.807, 2.05) is 6.92 Å². The molecule has 0 aliphatic heterocycles. The number of hydrogen-bond acceptors (Lipinski definition) is 4. The molecule has 5 nitrogen and oxygen atoms in total.